The van der Waals surface area contributed by atoms with Crippen molar-refractivity contribution in [3.63, 3.8) is 0 Å². The van der Waals surface area contributed by atoms with Gasteiger partial charge < -0.3 is 20.9 Å². The number of hydrogen-bond acceptors (Lipinski definition) is 4. The number of hydrogen-bond donors (Lipinski definition) is 3. The molecule has 3 aromatic carbocycles. The number of halogens is 1. The van der Waals surface area contributed by atoms with Crippen LogP contribution in [0.2, 0.25) is 5.02 Å². The smallest absolute Gasteiger partial charge is 0.337 e. The number of benzene rings is 3. The Balaban J connectivity index is 1.90. The van der Waals surface area contributed by atoms with E-state index >= 15 is 0 Å². The number of nitrogens with one attached hydrogen (secondary N) is 1. The van der Waals surface area contributed by atoms with Crippen LogP contribution in [0.5, 0.6) is 5.75 Å². The number of aromatic carboxylic acids is 1. The monoisotopic (exact) mass is 384 g/mol. The first-order valence-electron chi connectivity index (χ1n) is 8.14. The zero-order chi connectivity index (χ0) is 19.4. The lowest BCUT2D eigenvalue weighted by atomic mass is 10.0. The second-order valence-electron chi connectivity index (χ2n) is 5.87. The quantitative estimate of drug-likeness (QED) is 0.577. The summed E-state index contributed by atoms with van der Waals surface area (Å²) in [5.74, 6) is -1.09. The van der Waals surface area contributed by atoms with Crippen LogP contribution in [0.3, 0.4) is 0 Å². The van der Waals surface area contributed by atoms with Crippen molar-refractivity contribution in [1.82, 2.24) is 0 Å². The Morgan fingerprint density at radius 1 is 1.11 bits per heavy atom. The van der Waals surface area contributed by atoms with Crippen molar-refractivity contribution in [3.05, 3.63) is 70.7 Å². The Kier molecular flexibility index (Phi) is 5.47. The van der Waals surface area contributed by atoms with E-state index in [0.717, 1.165) is 16.3 Å². The first-order valence-corrected chi connectivity index (χ1v) is 8.52. The summed E-state index contributed by atoms with van der Waals surface area (Å²) in [6, 6.07) is 16.1. The molecular weight excluding hydrogens is 368 g/mol. The lowest BCUT2D eigenvalue weighted by Gasteiger charge is -2.15. The molecule has 0 radical (unpaired) electrons. The third-order valence-corrected chi connectivity index (χ3v) is 4.35. The molecule has 27 heavy (non-hydrogen) atoms. The first-order chi connectivity index (χ1) is 13.0. The summed E-state index contributed by atoms with van der Waals surface area (Å²) in [6.07, 6.45) is 0. The van der Waals surface area contributed by atoms with Gasteiger partial charge in [0.05, 0.1) is 10.6 Å². The third kappa shape index (κ3) is 4.30. The minimum Gasteiger partial charge on any atom is -0.483 e. The summed E-state index contributed by atoms with van der Waals surface area (Å²) in [6.45, 7) is 0.169. The van der Waals surface area contributed by atoms with Gasteiger partial charge in [0, 0.05) is 17.8 Å². The molecule has 0 bridgehead atoms. The van der Waals surface area contributed by atoms with Gasteiger partial charge in [0.1, 0.15) is 5.75 Å². The molecular formula is C20H17ClN2O4. The molecule has 3 rings (SSSR count). The largest absolute Gasteiger partial charge is 0.483 e. The van der Waals surface area contributed by atoms with E-state index in [1.165, 1.54) is 6.07 Å². The average Bonchev–Trinajstić information content (AvgIpc) is 2.64. The van der Waals surface area contributed by atoms with Gasteiger partial charge in [-0.1, -0.05) is 41.9 Å². The Morgan fingerprint density at radius 2 is 1.89 bits per heavy atom. The molecule has 0 saturated carbocycles. The van der Waals surface area contributed by atoms with Crippen LogP contribution in [0.25, 0.3) is 10.8 Å². The number of primary amides is 1. The number of amides is 1. The van der Waals surface area contributed by atoms with Crippen LogP contribution in [0.1, 0.15) is 15.9 Å². The maximum absolute atomic E-state index is 11.1. The molecule has 3 aromatic rings. The molecule has 0 aliphatic heterocycles. The predicted molar refractivity (Wildman–Crippen MR) is 104 cm³/mol. The number of carboxylic acid groups (broad SMARTS) is 1. The SMILES string of the molecule is NC(=O)COc1ccc2ccccc2c1CNc1ccc(C(=O)O)c(Cl)c1. The van der Waals surface area contributed by atoms with Gasteiger partial charge in [-0.05, 0) is 35.0 Å². The van der Waals surface area contributed by atoms with Gasteiger partial charge >= 0.3 is 5.97 Å². The van der Waals surface area contributed by atoms with E-state index in [0.29, 0.717) is 18.0 Å². The summed E-state index contributed by atoms with van der Waals surface area (Å²) in [5, 5.41) is 14.4. The van der Waals surface area contributed by atoms with Crippen molar-refractivity contribution < 1.29 is 19.4 Å². The van der Waals surface area contributed by atoms with Gasteiger partial charge in [-0.15, -0.1) is 0 Å². The number of nitrogens with two attached hydrogens (primary N) is 1. The van der Waals surface area contributed by atoms with Crippen molar-refractivity contribution in [2.75, 3.05) is 11.9 Å². The number of fused-ring (bicyclic) bond motifs is 1. The fraction of sp³-hybridized carbons (Fsp3) is 0.100. The molecule has 6 nitrogen and oxygen atoms in total. The van der Waals surface area contributed by atoms with Crippen molar-refractivity contribution in [2.45, 2.75) is 6.54 Å². The summed E-state index contributed by atoms with van der Waals surface area (Å²) in [4.78, 5) is 22.1. The van der Waals surface area contributed by atoms with E-state index in [1.807, 2.05) is 30.3 Å². The fourth-order valence-corrected chi connectivity index (χ4v) is 3.03. The van der Waals surface area contributed by atoms with E-state index in [9.17, 15) is 9.59 Å². The molecule has 0 saturated heterocycles. The van der Waals surface area contributed by atoms with Crippen molar-refractivity contribution in [1.29, 1.82) is 0 Å². The number of carboxylic acids is 1. The highest BCUT2D eigenvalue weighted by Gasteiger charge is 2.12. The highest BCUT2D eigenvalue weighted by Crippen LogP contribution is 2.29. The van der Waals surface area contributed by atoms with Gasteiger partial charge in [-0.25, -0.2) is 4.79 Å². The minimum absolute atomic E-state index is 0.0397. The predicted octanol–water partition coefficient (Wildman–Crippen LogP) is 3.67. The normalized spacial score (nSPS) is 10.6. The van der Waals surface area contributed by atoms with Crippen LogP contribution >= 0.6 is 11.6 Å². The maximum atomic E-state index is 11.1. The van der Waals surface area contributed by atoms with Gasteiger partial charge in [0.2, 0.25) is 0 Å². The Bertz CT molecular complexity index is 1020. The molecule has 1 amide bonds. The molecule has 0 aliphatic carbocycles. The summed E-state index contributed by atoms with van der Waals surface area (Å²) >= 11 is 6.02. The first kappa shape index (κ1) is 18.5. The highest BCUT2D eigenvalue weighted by molar-refractivity contribution is 6.33. The van der Waals surface area contributed by atoms with Gasteiger partial charge in [0.15, 0.2) is 6.61 Å². The van der Waals surface area contributed by atoms with Gasteiger partial charge in [-0.2, -0.15) is 0 Å². The van der Waals surface area contributed by atoms with E-state index in [4.69, 9.17) is 27.2 Å². The Morgan fingerprint density at radius 3 is 2.59 bits per heavy atom. The number of carbonyl (C=O) groups is 2. The summed E-state index contributed by atoms with van der Waals surface area (Å²) in [5.41, 5.74) is 6.74. The maximum Gasteiger partial charge on any atom is 0.337 e. The topological polar surface area (TPSA) is 102 Å². The fourth-order valence-electron chi connectivity index (χ4n) is 2.77. The minimum atomic E-state index is -1.08. The molecule has 0 aliphatic rings. The van der Waals surface area contributed by atoms with Crippen LogP contribution in [-0.2, 0) is 11.3 Å². The number of anilines is 1. The van der Waals surface area contributed by atoms with E-state index in [2.05, 4.69) is 5.32 Å². The van der Waals surface area contributed by atoms with E-state index in [1.54, 1.807) is 18.2 Å². The van der Waals surface area contributed by atoms with E-state index < -0.39 is 11.9 Å². The van der Waals surface area contributed by atoms with Crippen LogP contribution in [-0.4, -0.2) is 23.6 Å². The molecule has 0 spiro atoms. The van der Waals surface area contributed by atoms with Crippen molar-refractivity contribution in [3.8, 4) is 5.75 Å². The van der Waals surface area contributed by atoms with E-state index in [-0.39, 0.29) is 17.2 Å². The zero-order valence-corrected chi connectivity index (χ0v) is 15.0. The molecule has 0 unspecified atom stereocenters. The van der Waals surface area contributed by atoms with Crippen LogP contribution in [0.4, 0.5) is 5.69 Å². The molecule has 0 heterocycles. The highest BCUT2D eigenvalue weighted by atomic mass is 35.5. The lowest BCUT2D eigenvalue weighted by Crippen LogP contribution is -2.20. The summed E-state index contributed by atoms with van der Waals surface area (Å²) < 4.78 is 5.55. The molecule has 138 valence electrons. The zero-order valence-electron chi connectivity index (χ0n) is 14.2. The lowest BCUT2D eigenvalue weighted by molar-refractivity contribution is -0.119. The van der Waals surface area contributed by atoms with Gasteiger partial charge in [-0.3, -0.25) is 4.79 Å². The average molecular weight is 385 g/mol. The standard InChI is InChI=1S/C20H17ClN2O4/c21-17-9-13(6-7-15(17)20(25)26)23-10-16-14-4-2-1-3-12(14)5-8-18(16)27-11-19(22)24/h1-9,23H,10-11H2,(H2,22,24)(H,25,26). The molecule has 4 N–H and O–H groups in total. The Labute approximate surface area is 160 Å². The molecule has 0 fully saturated rings. The van der Waals surface area contributed by atoms with Crippen molar-refractivity contribution in [2.24, 2.45) is 5.73 Å². The molecule has 0 aromatic heterocycles. The second-order valence-corrected chi connectivity index (χ2v) is 6.28. The molecule has 0 atom stereocenters. The van der Waals surface area contributed by atoms with Crippen LogP contribution < -0.4 is 15.8 Å². The van der Waals surface area contributed by atoms with Crippen LogP contribution in [0.15, 0.2) is 54.6 Å². The second kappa shape index (κ2) is 7.97. The molecule has 7 heteroatoms. The van der Waals surface area contributed by atoms with Gasteiger partial charge in [0.25, 0.3) is 5.91 Å². The van der Waals surface area contributed by atoms with Crippen molar-refractivity contribution >= 4 is 39.9 Å². The number of ether oxygens (including phenoxy) is 1. The third-order valence-electron chi connectivity index (χ3n) is 4.04. The number of carbonyl (C=O) groups excluding carboxylic acids is 1. The van der Waals surface area contributed by atoms with Crippen LogP contribution in [0, 0.1) is 0 Å². The Hall–Kier alpha value is -3.25. The number of rotatable bonds is 7. The summed E-state index contributed by atoms with van der Waals surface area (Å²) in [7, 11) is 0.